The normalized spacial score (nSPS) is 16.9. The van der Waals surface area contributed by atoms with Crippen molar-refractivity contribution in [3.05, 3.63) is 28.3 Å². The Bertz CT molecular complexity index is 556. The molecule has 4 nitrogen and oxygen atoms in total. The summed E-state index contributed by atoms with van der Waals surface area (Å²) >= 11 is 1.86. The van der Waals surface area contributed by atoms with Gasteiger partial charge in [0.05, 0.1) is 23.8 Å². The standard InChI is InChI=1S/C15H22N4S/c1-3-11(2)19-14(7-8-18-19)16-9-13-10-17-15(20-13)12-5-4-6-12/h7-8,10-12,16H,3-6,9H2,1-2H3. The minimum atomic E-state index is 0.430. The molecular formula is C15H22N4S. The number of hydrogen-bond acceptors (Lipinski definition) is 4. The lowest BCUT2D eigenvalue weighted by molar-refractivity contribution is 0.418. The second-order valence-corrected chi connectivity index (χ2v) is 6.71. The van der Waals surface area contributed by atoms with Crippen molar-refractivity contribution in [2.75, 3.05) is 5.32 Å². The maximum absolute atomic E-state index is 4.57. The van der Waals surface area contributed by atoms with E-state index in [9.17, 15) is 0 Å². The Labute approximate surface area is 124 Å². The monoisotopic (exact) mass is 290 g/mol. The molecule has 1 unspecified atom stereocenters. The average Bonchev–Trinajstić information content (AvgIpc) is 3.02. The van der Waals surface area contributed by atoms with Gasteiger partial charge in [-0.1, -0.05) is 13.3 Å². The molecule has 0 spiro atoms. The molecule has 0 aliphatic heterocycles. The van der Waals surface area contributed by atoms with E-state index in [1.165, 1.54) is 29.1 Å². The molecule has 1 aliphatic carbocycles. The second-order valence-electron chi connectivity index (χ2n) is 5.56. The zero-order chi connectivity index (χ0) is 13.9. The van der Waals surface area contributed by atoms with Gasteiger partial charge in [0.25, 0.3) is 0 Å². The molecule has 108 valence electrons. The summed E-state index contributed by atoms with van der Waals surface area (Å²) in [4.78, 5) is 5.88. The molecule has 5 heteroatoms. The van der Waals surface area contributed by atoms with Crippen LogP contribution in [0.15, 0.2) is 18.5 Å². The van der Waals surface area contributed by atoms with Crippen molar-refractivity contribution in [2.24, 2.45) is 0 Å². The van der Waals surface area contributed by atoms with Crippen molar-refractivity contribution < 1.29 is 0 Å². The molecule has 20 heavy (non-hydrogen) atoms. The molecule has 2 aromatic rings. The molecular weight excluding hydrogens is 268 g/mol. The van der Waals surface area contributed by atoms with Crippen LogP contribution < -0.4 is 5.32 Å². The molecule has 1 aliphatic rings. The van der Waals surface area contributed by atoms with Gasteiger partial charge in [0, 0.05) is 23.1 Å². The van der Waals surface area contributed by atoms with Gasteiger partial charge < -0.3 is 5.32 Å². The topological polar surface area (TPSA) is 42.7 Å². The quantitative estimate of drug-likeness (QED) is 0.867. The third-order valence-electron chi connectivity index (χ3n) is 4.15. The van der Waals surface area contributed by atoms with Gasteiger partial charge in [-0.2, -0.15) is 5.10 Å². The van der Waals surface area contributed by atoms with E-state index in [1.54, 1.807) is 0 Å². The van der Waals surface area contributed by atoms with Gasteiger partial charge in [-0.15, -0.1) is 11.3 Å². The first kappa shape index (κ1) is 13.6. The van der Waals surface area contributed by atoms with Crippen LogP contribution in [0.25, 0.3) is 0 Å². The summed E-state index contributed by atoms with van der Waals surface area (Å²) in [5.41, 5.74) is 0. The van der Waals surface area contributed by atoms with Crippen LogP contribution in [0.4, 0.5) is 5.82 Å². The number of hydrogen-bond donors (Lipinski definition) is 1. The largest absolute Gasteiger partial charge is 0.365 e. The fraction of sp³-hybridized carbons (Fsp3) is 0.600. The van der Waals surface area contributed by atoms with Crippen molar-refractivity contribution in [3.63, 3.8) is 0 Å². The smallest absolute Gasteiger partial charge is 0.124 e. The molecule has 0 aromatic carbocycles. The van der Waals surface area contributed by atoms with Crippen LogP contribution >= 0.6 is 11.3 Å². The van der Waals surface area contributed by atoms with Gasteiger partial charge in [-0.3, -0.25) is 0 Å². The minimum absolute atomic E-state index is 0.430. The zero-order valence-corrected chi connectivity index (χ0v) is 13.0. The first-order chi connectivity index (χ1) is 9.78. The number of rotatable bonds is 6. The van der Waals surface area contributed by atoms with Crippen LogP contribution in [0.1, 0.15) is 61.4 Å². The maximum atomic E-state index is 4.57. The molecule has 1 atom stereocenters. The summed E-state index contributed by atoms with van der Waals surface area (Å²) < 4.78 is 2.06. The maximum Gasteiger partial charge on any atom is 0.124 e. The van der Waals surface area contributed by atoms with Gasteiger partial charge >= 0.3 is 0 Å². The number of aromatic nitrogens is 3. The van der Waals surface area contributed by atoms with Gasteiger partial charge in [0.1, 0.15) is 5.82 Å². The van der Waals surface area contributed by atoms with Crippen LogP contribution in [0.5, 0.6) is 0 Å². The summed E-state index contributed by atoms with van der Waals surface area (Å²) in [5.74, 6) is 1.83. The SMILES string of the molecule is CCC(C)n1nccc1NCc1cnc(C2CCC2)s1. The predicted molar refractivity (Wildman–Crippen MR) is 83.3 cm³/mol. The number of thiazole rings is 1. The Balaban J connectivity index is 1.61. The summed E-state index contributed by atoms with van der Waals surface area (Å²) in [5, 5.41) is 9.20. The lowest BCUT2D eigenvalue weighted by atomic mass is 9.86. The zero-order valence-electron chi connectivity index (χ0n) is 12.2. The fourth-order valence-corrected chi connectivity index (χ4v) is 3.43. The van der Waals surface area contributed by atoms with Gasteiger partial charge in [0.2, 0.25) is 0 Å². The van der Waals surface area contributed by atoms with Gasteiger partial charge in [0.15, 0.2) is 0 Å². The minimum Gasteiger partial charge on any atom is -0.365 e. The lowest BCUT2D eigenvalue weighted by Gasteiger charge is -2.22. The Morgan fingerprint density at radius 2 is 2.35 bits per heavy atom. The second kappa shape index (κ2) is 5.95. The molecule has 1 N–H and O–H groups in total. The van der Waals surface area contributed by atoms with E-state index in [0.717, 1.165) is 24.7 Å². The Morgan fingerprint density at radius 1 is 1.50 bits per heavy atom. The van der Waals surface area contributed by atoms with Gasteiger partial charge in [-0.25, -0.2) is 9.67 Å². The van der Waals surface area contributed by atoms with Crippen LogP contribution in [0.3, 0.4) is 0 Å². The van der Waals surface area contributed by atoms with Crippen LogP contribution in [-0.2, 0) is 6.54 Å². The van der Waals surface area contributed by atoms with E-state index in [2.05, 4.69) is 33.9 Å². The van der Waals surface area contributed by atoms with E-state index in [1.807, 2.05) is 29.8 Å². The van der Waals surface area contributed by atoms with Crippen molar-refractivity contribution in [2.45, 2.75) is 58.0 Å². The first-order valence-corrected chi connectivity index (χ1v) is 8.31. The highest BCUT2D eigenvalue weighted by Crippen LogP contribution is 2.38. The molecule has 3 rings (SSSR count). The van der Waals surface area contributed by atoms with E-state index >= 15 is 0 Å². The molecule has 2 heterocycles. The van der Waals surface area contributed by atoms with E-state index in [4.69, 9.17) is 0 Å². The van der Waals surface area contributed by atoms with Crippen molar-refractivity contribution in [1.82, 2.24) is 14.8 Å². The summed E-state index contributed by atoms with van der Waals surface area (Å²) in [6.45, 7) is 5.22. The Hall–Kier alpha value is -1.36. The molecule has 2 aromatic heterocycles. The fourth-order valence-electron chi connectivity index (χ4n) is 2.40. The highest BCUT2D eigenvalue weighted by molar-refractivity contribution is 7.11. The molecule has 0 bridgehead atoms. The summed E-state index contributed by atoms with van der Waals surface area (Å²) in [6, 6.07) is 2.47. The van der Waals surface area contributed by atoms with E-state index in [0.29, 0.717) is 6.04 Å². The number of anilines is 1. The Kier molecular flexibility index (Phi) is 4.05. The highest BCUT2D eigenvalue weighted by Gasteiger charge is 2.22. The molecule has 1 fully saturated rings. The summed E-state index contributed by atoms with van der Waals surface area (Å²) in [7, 11) is 0. The van der Waals surface area contributed by atoms with Crippen LogP contribution in [0.2, 0.25) is 0 Å². The molecule has 0 radical (unpaired) electrons. The molecule has 0 saturated heterocycles. The van der Waals surface area contributed by atoms with Crippen molar-refractivity contribution in [1.29, 1.82) is 0 Å². The summed E-state index contributed by atoms with van der Waals surface area (Å²) in [6.07, 6.45) is 8.98. The lowest BCUT2D eigenvalue weighted by Crippen LogP contribution is -2.11. The van der Waals surface area contributed by atoms with Crippen LogP contribution in [0, 0.1) is 0 Å². The molecule has 1 saturated carbocycles. The van der Waals surface area contributed by atoms with Crippen molar-refractivity contribution in [3.8, 4) is 0 Å². The van der Waals surface area contributed by atoms with Gasteiger partial charge in [-0.05, 0) is 26.2 Å². The highest BCUT2D eigenvalue weighted by atomic mass is 32.1. The average molecular weight is 290 g/mol. The molecule has 0 amide bonds. The van der Waals surface area contributed by atoms with E-state index < -0.39 is 0 Å². The number of nitrogens with one attached hydrogen (secondary N) is 1. The van der Waals surface area contributed by atoms with Crippen LogP contribution in [-0.4, -0.2) is 14.8 Å². The third kappa shape index (κ3) is 2.73. The van der Waals surface area contributed by atoms with Crippen molar-refractivity contribution >= 4 is 17.2 Å². The predicted octanol–water partition coefficient (Wildman–Crippen LogP) is 4.19. The number of nitrogens with zero attached hydrogens (tertiary/aromatic N) is 3. The van der Waals surface area contributed by atoms with E-state index in [-0.39, 0.29) is 0 Å². The third-order valence-corrected chi connectivity index (χ3v) is 5.31. The Morgan fingerprint density at radius 3 is 3.05 bits per heavy atom. The first-order valence-electron chi connectivity index (χ1n) is 7.50.